The average Bonchev–Trinajstić information content (AvgIpc) is 2.41. The highest BCUT2D eigenvalue weighted by Gasteiger charge is 2.26. The van der Waals surface area contributed by atoms with Crippen LogP contribution in [0.5, 0.6) is 0 Å². The Bertz CT molecular complexity index is 199. The molecule has 2 fully saturated rings. The number of hydrogen-bond donors (Lipinski definition) is 1. The topological polar surface area (TPSA) is 15.3 Å². The van der Waals surface area contributed by atoms with E-state index in [9.17, 15) is 0 Å². The van der Waals surface area contributed by atoms with Crippen molar-refractivity contribution < 1.29 is 0 Å². The standard InChI is InChI=1S/C15H30N2/c1-2-10-16-12-14-7-6-11-17(13-14)15-8-4-3-5-9-15/h14-16H,2-13H2,1H3. The van der Waals surface area contributed by atoms with Crippen molar-refractivity contribution in [3.63, 3.8) is 0 Å². The van der Waals surface area contributed by atoms with Crippen LogP contribution < -0.4 is 5.32 Å². The maximum absolute atomic E-state index is 3.60. The van der Waals surface area contributed by atoms with Gasteiger partial charge in [-0.05, 0) is 57.7 Å². The molecule has 1 aliphatic heterocycles. The van der Waals surface area contributed by atoms with Crippen LogP contribution in [0.1, 0.15) is 58.3 Å². The number of likely N-dealkylation sites (tertiary alicyclic amines) is 1. The fraction of sp³-hybridized carbons (Fsp3) is 1.00. The Morgan fingerprint density at radius 1 is 1.06 bits per heavy atom. The lowest BCUT2D eigenvalue weighted by Crippen LogP contribution is -2.45. The number of piperidine rings is 1. The van der Waals surface area contributed by atoms with E-state index in [2.05, 4.69) is 17.1 Å². The van der Waals surface area contributed by atoms with Crippen LogP contribution >= 0.6 is 0 Å². The molecule has 1 heterocycles. The molecule has 17 heavy (non-hydrogen) atoms. The van der Waals surface area contributed by atoms with Crippen molar-refractivity contribution in [3.05, 3.63) is 0 Å². The maximum atomic E-state index is 3.60. The second-order valence-corrected chi connectivity index (χ2v) is 6.00. The van der Waals surface area contributed by atoms with E-state index < -0.39 is 0 Å². The minimum Gasteiger partial charge on any atom is -0.316 e. The average molecular weight is 238 g/mol. The summed E-state index contributed by atoms with van der Waals surface area (Å²) in [7, 11) is 0. The molecule has 0 aromatic carbocycles. The Morgan fingerprint density at radius 2 is 1.88 bits per heavy atom. The normalized spacial score (nSPS) is 28.4. The van der Waals surface area contributed by atoms with E-state index in [1.54, 1.807) is 0 Å². The van der Waals surface area contributed by atoms with Crippen molar-refractivity contribution in [2.75, 3.05) is 26.2 Å². The lowest BCUT2D eigenvalue weighted by Gasteiger charge is -2.40. The predicted octanol–water partition coefficient (Wildman–Crippen LogP) is 3.03. The number of rotatable bonds is 5. The van der Waals surface area contributed by atoms with E-state index in [0.717, 1.165) is 12.0 Å². The number of nitrogens with one attached hydrogen (secondary N) is 1. The number of nitrogens with zero attached hydrogens (tertiary/aromatic N) is 1. The van der Waals surface area contributed by atoms with E-state index in [1.807, 2.05) is 0 Å². The largest absolute Gasteiger partial charge is 0.316 e. The molecule has 0 bridgehead atoms. The van der Waals surface area contributed by atoms with Gasteiger partial charge in [-0.25, -0.2) is 0 Å². The van der Waals surface area contributed by atoms with Crippen molar-refractivity contribution in [2.45, 2.75) is 64.3 Å². The zero-order valence-corrected chi connectivity index (χ0v) is 11.6. The first-order valence-corrected chi connectivity index (χ1v) is 7.85. The maximum Gasteiger partial charge on any atom is 0.00953 e. The Labute approximate surface area is 107 Å². The van der Waals surface area contributed by atoms with Crippen LogP contribution in [0.15, 0.2) is 0 Å². The molecule has 2 aliphatic rings. The molecule has 1 unspecified atom stereocenters. The van der Waals surface area contributed by atoms with E-state index >= 15 is 0 Å². The van der Waals surface area contributed by atoms with Crippen molar-refractivity contribution in [1.82, 2.24) is 10.2 Å². The van der Waals surface area contributed by atoms with Gasteiger partial charge < -0.3 is 10.2 Å². The monoisotopic (exact) mass is 238 g/mol. The molecule has 2 rings (SSSR count). The van der Waals surface area contributed by atoms with Gasteiger partial charge in [0.15, 0.2) is 0 Å². The van der Waals surface area contributed by atoms with E-state index in [-0.39, 0.29) is 0 Å². The van der Waals surface area contributed by atoms with Crippen molar-refractivity contribution in [3.8, 4) is 0 Å². The molecule has 2 nitrogen and oxygen atoms in total. The van der Waals surface area contributed by atoms with E-state index in [0.29, 0.717) is 0 Å². The molecule has 1 atom stereocenters. The van der Waals surface area contributed by atoms with Crippen LogP contribution in [0, 0.1) is 5.92 Å². The quantitative estimate of drug-likeness (QED) is 0.741. The fourth-order valence-electron chi connectivity index (χ4n) is 3.52. The summed E-state index contributed by atoms with van der Waals surface area (Å²) in [6, 6.07) is 0.928. The second kappa shape index (κ2) is 7.38. The highest BCUT2D eigenvalue weighted by molar-refractivity contribution is 4.82. The molecular weight excluding hydrogens is 208 g/mol. The van der Waals surface area contributed by atoms with Gasteiger partial charge in [0.2, 0.25) is 0 Å². The lowest BCUT2D eigenvalue weighted by atomic mass is 9.90. The molecule has 1 aliphatic carbocycles. The fourth-order valence-corrected chi connectivity index (χ4v) is 3.52. The summed E-state index contributed by atoms with van der Waals surface area (Å²) in [4.78, 5) is 2.81. The third-order valence-corrected chi connectivity index (χ3v) is 4.50. The van der Waals surface area contributed by atoms with Gasteiger partial charge >= 0.3 is 0 Å². The van der Waals surface area contributed by atoms with Crippen LogP contribution in [-0.4, -0.2) is 37.1 Å². The van der Waals surface area contributed by atoms with Crippen molar-refractivity contribution in [2.24, 2.45) is 5.92 Å². The van der Waals surface area contributed by atoms with Gasteiger partial charge in [-0.1, -0.05) is 26.2 Å². The van der Waals surface area contributed by atoms with E-state index in [4.69, 9.17) is 0 Å². The van der Waals surface area contributed by atoms with Gasteiger partial charge in [-0.2, -0.15) is 0 Å². The van der Waals surface area contributed by atoms with Gasteiger partial charge in [-0.3, -0.25) is 0 Å². The Morgan fingerprint density at radius 3 is 2.65 bits per heavy atom. The smallest absolute Gasteiger partial charge is 0.00953 e. The first kappa shape index (κ1) is 13.4. The van der Waals surface area contributed by atoms with Gasteiger partial charge in [0.05, 0.1) is 0 Å². The first-order valence-electron chi connectivity index (χ1n) is 7.85. The molecule has 100 valence electrons. The molecule has 1 saturated carbocycles. The summed E-state index contributed by atoms with van der Waals surface area (Å²) in [5.74, 6) is 0.914. The minimum absolute atomic E-state index is 0.914. The van der Waals surface area contributed by atoms with Crippen LogP contribution in [0.2, 0.25) is 0 Å². The predicted molar refractivity (Wildman–Crippen MR) is 74.3 cm³/mol. The molecule has 0 radical (unpaired) electrons. The van der Waals surface area contributed by atoms with Crippen LogP contribution in [0.25, 0.3) is 0 Å². The van der Waals surface area contributed by atoms with Crippen molar-refractivity contribution >= 4 is 0 Å². The van der Waals surface area contributed by atoms with Gasteiger partial charge in [0.25, 0.3) is 0 Å². The van der Waals surface area contributed by atoms with Gasteiger partial charge in [-0.15, -0.1) is 0 Å². The zero-order valence-electron chi connectivity index (χ0n) is 11.6. The zero-order chi connectivity index (χ0) is 11.9. The minimum atomic E-state index is 0.914. The molecule has 0 aromatic rings. The molecular formula is C15H30N2. The van der Waals surface area contributed by atoms with Crippen LogP contribution in [0.3, 0.4) is 0 Å². The highest BCUT2D eigenvalue weighted by Crippen LogP contribution is 2.26. The van der Waals surface area contributed by atoms with Gasteiger partial charge in [0, 0.05) is 12.6 Å². The summed E-state index contributed by atoms with van der Waals surface area (Å²) < 4.78 is 0. The SMILES string of the molecule is CCCNCC1CCCN(C2CCCCC2)C1. The van der Waals surface area contributed by atoms with Crippen molar-refractivity contribution in [1.29, 1.82) is 0 Å². The lowest BCUT2D eigenvalue weighted by molar-refractivity contribution is 0.0981. The highest BCUT2D eigenvalue weighted by atomic mass is 15.2. The summed E-state index contributed by atoms with van der Waals surface area (Å²) in [6.07, 6.45) is 11.5. The molecule has 0 spiro atoms. The second-order valence-electron chi connectivity index (χ2n) is 6.00. The summed E-state index contributed by atoms with van der Waals surface area (Å²) in [6.45, 7) is 7.43. The Kier molecular flexibility index (Phi) is 5.79. The third kappa shape index (κ3) is 4.26. The Balaban J connectivity index is 1.71. The summed E-state index contributed by atoms with van der Waals surface area (Å²) in [5, 5.41) is 3.60. The molecule has 1 N–H and O–H groups in total. The van der Waals surface area contributed by atoms with Crippen LogP contribution in [-0.2, 0) is 0 Å². The summed E-state index contributed by atoms with van der Waals surface area (Å²) >= 11 is 0. The van der Waals surface area contributed by atoms with E-state index in [1.165, 1.54) is 77.5 Å². The molecule has 0 aromatic heterocycles. The third-order valence-electron chi connectivity index (χ3n) is 4.50. The molecule has 1 saturated heterocycles. The Hall–Kier alpha value is -0.0800. The first-order chi connectivity index (χ1) is 8.40. The summed E-state index contributed by atoms with van der Waals surface area (Å²) in [5.41, 5.74) is 0. The van der Waals surface area contributed by atoms with Crippen LogP contribution in [0.4, 0.5) is 0 Å². The molecule has 2 heteroatoms. The molecule has 0 amide bonds. The van der Waals surface area contributed by atoms with Gasteiger partial charge in [0.1, 0.15) is 0 Å². The number of hydrogen-bond acceptors (Lipinski definition) is 2.